The van der Waals surface area contributed by atoms with E-state index in [9.17, 15) is 0 Å². The Morgan fingerprint density at radius 3 is 2.67 bits per heavy atom. The summed E-state index contributed by atoms with van der Waals surface area (Å²) >= 11 is 0. The van der Waals surface area contributed by atoms with Gasteiger partial charge in [-0.05, 0) is 37.1 Å². The molecule has 0 saturated carbocycles. The molecule has 0 aliphatic carbocycles. The van der Waals surface area contributed by atoms with Gasteiger partial charge < -0.3 is 5.32 Å². The van der Waals surface area contributed by atoms with Gasteiger partial charge in [0.05, 0.1) is 11.6 Å². The molecule has 1 aromatic carbocycles. The normalized spacial score (nSPS) is 9.53. The zero-order valence-corrected chi connectivity index (χ0v) is 8.87. The SMILES string of the molecule is C=CCCCNCc1ccc(C#N)cc1. The van der Waals surface area contributed by atoms with E-state index in [1.54, 1.807) is 0 Å². The standard InChI is InChI=1S/C13H16N2/c1-2-3-4-9-15-11-13-7-5-12(10-14)6-8-13/h2,5-8,15H,1,3-4,9,11H2. The summed E-state index contributed by atoms with van der Waals surface area (Å²) in [6.07, 6.45) is 4.11. The van der Waals surface area contributed by atoms with Crippen molar-refractivity contribution in [3.63, 3.8) is 0 Å². The third-order valence-electron chi connectivity index (χ3n) is 2.17. The number of hydrogen-bond donors (Lipinski definition) is 1. The molecule has 1 N–H and O–H groups in total. The second kappa shape index (κ2) is 6.80. The zero-order valence-electron chi connectivity index (χ0n) is 8.87. The number of nitrogens with zero attached hydrogens (tertiary/aromatic N) is 1. The van der Waals surface area contributed by atoms with Crippen molar-refractivity contribution in [2.45, 2.75) is 19.4 Å². The summed E-state index contributed by atoms with van der Waals surface area (Å²) in [7, 11) is 0. The molecule has 0 aliphatic rings. The molecule has 1 rings (SSSR count). The highest BCUT2D eigenvalue weighted by atomic mass is 14.8. The maximum atomic E-state index is 8.63. The Balaban J connectivity index is 2.26. The van der Waals surface area contributed by atoms with E-state index in [4.69, 9.17) is 5.26 Å². The van der Waals surface area contributed by atoms with E-state index in [2.05, 4.69) is 18.0 Å². The van der Waals surface area contributed by atoms with E-state index in [0.29, 0.717) is 5.56 Å². The van der Waals surface area contributed by atoms with Gasteiger partial charge in [0.2, 0.25) is 0 Å². The molecule has 0 radical (unpaired) electrons. The lowest BCUT2D eigenvalue weighted by molar-refractivity contribution is 0.655. The average molecular weight is 200 g/mol. The monoisotopic (exact) mass is 200 g/mol. The smallest absolute Gasteiger partial charge is 0.0991 e. The van der Waals surface area contributed by atoms with Crippen LogP contribution in [0.4, 0.5) is 0 Å². The quantitative estimate of drug-likeness (QED) is 0.566. The third-order valence-corrected chi connectivity index (χ3v) is 2.17. The Morgan fingerprint density at radius 1 is 1.33 bits per heavy atom. The predicted molar refractivity (Wildman–Crippen MR) is 62.3 cm³/mol. The van der Waals surface area contributed by atoms with Gasteiger partial charge in [-0.15, -0.1) is 6.58 Å². The molecule has 0 fully saturated rings. The second-order valence-electron chi connectivity index (χ2n) is 3.42. The van der Waals surface area contributed by atoms with Crippen molar-refractivity contribution in [2.75, 3.05) is 6.54 Å². The van der Waals surface area contributed by atoms with Crippen LogP contribution in [0.25, 0.3) is 0 Å². The van der Waals surface area contributed by atoms with Gasteiger partial charge in [-0.3, -0.25) is 0 Å². The van der Waals surface area contributed by atoms with Crippen molar-refractivity contribution in [1.29, 1.82) is 5.26 Å². The van der Waals surface area contributed by atoms with Gasteiger partial charge in [0.15, 0.2) is 0 Å². The maximum Gasteiger partial charge on any atom is 0.0991 e. The molecular weight excluding hydrogens is 184 g/mol. The Kier molecular flexibility index (Phi) is 5.21. The summed E-state index contributed by atoms with van der Waals surface area (Å²) in [5.41, 5.74) is 1.93. The van der Waals surface area contributed by atoms with Crippen LogP contribution in [0, 0.1) is 11.3 Å². The number of hydrogen-bond acceptors (Lipinski definition) is 2. The molecule has 0 heterocycles. The van der Waals surface area contributed by atoms with Crippen LogP contribution in [0.15, 0.2) is 36.9 Å². The molecule has 0 saturated heterocycles. The van der Waals surface area contributed by atoms with Gasteiger partial charge in [-0.25, -0.2) is 0 Å². The number of benzene rings is 1. The van der Waals surface area contributed by atoms with Crippen molar-refractivity contribution in [1.82, 2.24) is 5.32 Å². The van der Waals surface area contributed by atoms with E-state index in [0.717, 1.165) is 25.9 Å². The number of allylic oxidation sites excluding steroid dienone is 1. The highest BCUT2D eigenvalue weighted by Crippen LogP contribution is 2.02. The van der Waals surface area contributed by atoms with Gasteiger partial charge >= 0.3 is 0 Å². The van der Waals surface area contributed by atoms with Crippen molar-refractivity contribution < 1.29 is 0 Å². The van der Waals surface area contributed by atoms with E-state index in [-0.39, 0.29) is 0 Å². The summed E-state index contributed by atoms with van der Waals surface area (Å²) in [5.74, 6) is 0. The predicted octanol–water partition coefficient (Wildman–Crippen LogP) is 2.61. The molecule has 2 heteroatoms. The van der Waals surface area contributed by atoms with Crippen LogP contribution in [-0.2, 0) is 6.54 Å². The first kappa shape index (κ1) is 11.5. The molecule has 0 bridgehead atoms. The minimum absolute atomic E-state index is 0.713. The van der Waals surface area contributed by atoms with E-state index < -0.39 is 0 Å². The molecule has 0 atom stereocenters. The fourth-order valence-corrected chi connectivity index (χ4v) is 1.30. The molecule has 0 spiro atoms. The topological polar surface area (TPSA) is 35.8 Å². The molecular formula is C13H16N2. The highest BCUT2D eigenvalue weighted by Gasteiger charge is 1.93. The van der Waals surface area contributed by atoms with Gasteiger partial charge in [0, 0.05) is 6.54 Å². The Morgan fingerprint density at radius 2 is 2.07 bits per heavy atom. The zero-order chi connectivity index (χ0) is 10.9. The van der Waals surface area contributed by atoms with Crippen LogP contribution in [0.1, 0.15) is 24.0 Å². The Labute approximate surface area is 91.2 Å². The second-order valence-corrected chi connectivity index (χ2v) is 3.42. The fraction of sp³-hybridized carbons (Fsp3) is 0.308. The van der Waals surface area contributed by atoms with Crippen LogP contribution < -0.4 is 5.32 Å². The molecule has 78 valence electrons. The average Bonchev–Trinajstić information content (AvgIpc) is 2.30. The lowest BCUT2D eigenvalue weighted by Crippen LogP contribution is -2.14. The molecule has 2 nitrogen and oxygen atoms in total. The Hall–Kier alpha value is -1.59. The maximum absolute atomic E-state index is 8.63. The number of nitrogens with one attached hydrogen (secondary N) is 1. The summed E-state index contributed by atoms with van der Waals surface area (Å²) in [6.45, 7) is 5.55. The van der Waals surface area contributed by atoms with E-state index in [1.807, 2.05) is 30.3 Å². The van der Waals surface area contributed by atoms with Gasteiger partial charge in [-0.1, -0.05) is 18.2 Å². The first-order valence-electron chi connectivity index (χ1n) is 5.17. The summed E-state index contributed by atoms with van der Waals surface area (Å²) < 4.78 is 0. The van der Waals surface area contributed by atoms with Crippen molar-refractivity contribution >= 4 is 0 Å². The molecule has 0 amide bonds. The minimum Gasteiger partial charge on any atom is -0.313 e. The van der Waals surface area contributed by atoms with Crippen molar-refractivity contribution in [3.8, 4) is 6.07 Å². The summed E-state index contributed by atoms with van der Waals surface area (Å²) in [6, 6.07) is 9.77. The van der Waals surface area contributed by atoms with Gasteiger partial charge in [0.25, 0.3) is 0 Å². The molecule has 0 unspecified atom stereocenters. The molecule has 1 aromatic rings. The minimum atomic E-state index is 0.713. The lowest BCUT2D eigenvalue weighted by Gasteiger charge is -2.03. The van der Waals surface area contributed by atoms with Crippen LogP contribution in [0.5, 0.6) is 0 Å². The van der Waals surface area contributed by atoms with Gasteiger partial charge in [0.1, 0.15) is 0 Å². The molecule has 0 aromatic heterocycles. The largest absolute Gasteiger partial charge is 0.313 e. The first-order chi connectivity index (χ1) is 7.36. The third kappa shape index (κ3) is 4.44. The molecule has 0 aliphatic heterocycles. The summed E-state index contributed by atoms with van der Waals surface area (Å²) in [5, 5.41) is 12.0. The first-order valence-corrected chi connectivity index (χ1v) is 5.17. The number of unbranched alkanes of at least 4 members (excludes halogenated alkanes) is 1. The van der Waals surface area contributed by atoms with Crippen LogP contribution in [0.2, 0.25) is 0 Å². The Bertz CT molecular complexity index is 333. The number of nitriles is 1. The van der Waals surface area contributed by atoms with Crippen molar-refractivity contribution in [2.24, 2.45) is 0 Å². The highest BCUT2D eigenvalue weighted by molar-refractivity contribution is 5.31. The van der Waals surface area contributed by atoms with E-state index >= 15 is 0 Å². The number of rotatable bonds is 6. The summed E-state index contributed by atoms with van der Waals surface area (Å²) in [4.78, 5) is 0. The van der Waals surface area contributed by atoms with E-state index in [1.165, 1.54) is 5.56 Å². The molecule has 15 heavy (non-hydrogen) atoms. The lowest BCUT2D eigenvalue weighted by atomic mass is 10.1. The fourth-order valence-electron chi connectivity index (χ4n) is 1.30. The van der Waals surface area contributed by atoms with Crippen LogP contribution >= 0.6 is 0 Å². The van der Waals surface area contributed by atoms with Crippen LogP contribution in [-0.4, -0.2) is 6.54 Å². The van der Waals surface area contributed by atoms with Crippen LogP contribution in [0.3, 0.4) is 0 Å². The van der Waals surface area contributed by atoms with Gasteiger partial charge in [-0.2, -0.15) is 5.26 Å². The van der Waals surface area contributed by atoms with Crippen molar-refractivity contribution in [3.05, 3.63) is 48.0 Å².